The standard InChI is InChI=1S/2C14H14NO4S3.Pt/c1-20-10-6-7-15-13(8-10)12-5-4-11(21(2,16)17)9-14(12)22(3,18)19;1-22(18,19)12-2-3-13(11(7-12)9-21(16)17)14-6-10(8-20)4-5-15-14;/h4,6-9H,1-3H3;2,4-7,20H,8-9H2,1H3,(H,16,17);/q2*-1;+2/p-1. The van der Waals surface area contributed by atoms with E-state index >= 15 is 0 Å². The predicted molar refractivity (Wildman–Crippen MR) is 173 cm³/mol. The Kier molecular flexibility index (Phi) is 14.2. The van der Waals surface area contributed by atoms with Gasteiger partial charge in [0.25, 0.3) is 0 Å². The first-order valence-electron chi connectivity index (χ1n) is 12.3. The van der Waals surface area contributed by atoms with Gasteiger partial charge in [0.1, 0.15) is 29.5 Å². The number of rotatable bonds is 9. The summed E-state index contributed by atoms with van der Waals surface area (Å²) in [4.78, 5) is 9.14. The average molecular weight is 907 g/mol. The molecule has 10 nitrogen and oxygen atoms in total. The molecular formula is C28H27N2O8PtS6-. The monoisotopic (exact) mass is 906 g/mol. The third kappa shape index (κ3) is 11.1. The summed E-state index contributed by atoms with van der Waals surface area (Å²) in [5.41, 5.74) is 2.98. The Morgan fingerprint density at radius 1 is 0.822 bits per heavy atom. The van der Waals surface area contributed by atoms with Gasteiger partial charge >= 0.3 is 21.1 Å². The fourth-order valence-corrected chi connectivity index (χ4v) is 7.05. The number of hydrogen-bond acceptors (Lipinski definition) is 12. The van der Waals surface area contributed by atoms with Crippen LogP contribution in [0.2, 0.25) is 0 Å². The second-order valence-electron chi connectivity index (χ2n) is 9.36. The largest absolute Gasteiger partial charge is 2.00 e. The van der Waals surface area contributed by atoms with Crippen molar-refractivity contribution in [2.45, 2.75) is 31.1 Å². The van der Waals surface area contributed by atoms with Gasteiger partial charge in [0.05, 0.1) is 0 Å². The van der Waals surface area contributed by atoms with Crippen LogP contribution in [0.3, 0.4) is 0 Å². The molecule has 45 heavy (non-hydrogen) atoms. The van der Waals surface area contributed by atoms with Crippen LogP contribution in [0.4, 0.5) is 0 Å². The van der Waals surface area contributed by atoms with E-state index in [-0.39, 0.29) is 47.1 Å². The van der Waals surface area contributed by atoms with Crippen LogP contribution in [0.15, 0.2) is 80.5 Å². The van der Waals surface area contributed by atoms with Crippen molar-refractivity contribution < 1.29 is 55.1 Å². The molecule has 0 aliphatic carbocycles. The van der Waals surface area contributed by atoms with Gasteiger partial charge in [-0.05, 0) is 50.0 Å². The molecule has 4 aromatic rings. The Bertz CT molecular complexity index is 2040. The topological polar surface area (TPSA) is 168 Å². The van der Waals surface area contributed by atoms with Gasteiger partial charge in [-0.25, -0.2) is 25.3 Å². The number of aromatic nitrogens is 2. The van der Waals surface area contributed by atoms with Crippen LogP contribution >= 0.6 is 24.4 Å². The van der Waals surface area contributed by atoms with Gasteiger partial charge in [0.2, 0.25) is 0 Å². The molecule has 0 spiro atoms. The van der Waals surface area contributed by atoms with Crippen LogP contribution < -0.4 is 0 Å². The second-order valence-corrected chi connectivity index (χ2v) is 17.5. The van der Waals surface area contributed by atoms with Crippen molar-refractivity contribution in [3.8, 4) is 22.5 Å². The van der Waals surface area contributed by atoms with E-state index in [1.807, 2.05) is 6.26 Å². The zero-order valence-corrected chi connectivity index (χ0v) is 31.4. The molecule has 2 aromatic heterocycles. The van der Waals surface area contributed by atoms with Crippen molar-refractivity contribution >= 4 is 65.0 Å². The number of thioether (sulfide) groups is 1. The molecule has 1 unspecified atom stereocenters. The molecule has 244 valence electrons. The number of thiol groups is 1. The third-order valence-corrected chi connectivity index (χ3v) is 10.8. The Morgan fingerprint density at radius 3 is 1.87 bits per heavy atom. The summed E-state index contributed by atoms with van der Waals surface area (Å²) >= 11 is 3.34. The van der Waals surface area contributed by atoms with E-state index in [9.17, 15) is 34.0 Å². The number of pyridine rings is 2. The Balaban J connectivity index is 0.000000307. The van der Waals surface area contributed by atoms with Crippen LogP contribution in [-0.4, -0.2) is 69.0 Å². The quantitative estimate of drug-likeness (QED) is 0.112. The predicted octanol–water partition coefficient (Wildman–Crippen LogP) is 3.84. The summed E-state index contributed by atoms with van der Waals surface area (Å²) in [7, 11) is -10.6. The molecule has 1 atom stereocenters. The van der Waals surface area contributed by atoms with Crippen LogP contribution in [0.1, 0.15) is 11.1 Å². The molecule has 4 rings (SSSR count). The van der Waals surface area contributed by atoms with E-state index in [2.05, 4.69) is 34.7 Å². The zero-order valence-electron chi connectivity index (χ0n) is 24.2. The minimum atomic E-state index is -3.63. The maximum Gasteiger partial charge on any atom is 2.00 e. The first kappa shape index (κ1) is 39.3. The van der Waals surface area contributed by atoms with Gasteiger partial charge in [-0.15, -0.1) is 64.9 Å². The number of benzene rings is 2. The molecule has 0 aliphatic rings. The molecule has 0 radical (unpaired) electrons. The average Bonchev–Trinajstić information content (AvgIpc) is 2.95. The van der Waals surface area contributed by atoms with Gasteiger partial charge in [0, 0.05) is 47.6 Å². The van der Waals surface area contributed by atoms with E-state index in [0.717, 1.165) is 35.3 Å². The Labute approximate surface area is 290 Å². The van der Waals surface area contributed by atoms with E-state index in [1.54, 1.807) is 36.7 Å². The molecular weight excluding hydrogens is 880 g/mol. The van der Waals surface area contributed by atoms with Crippen molar-refractivity contribution in [1.29, 1.82) is 0 Å². The molecule has 2 aromatic carbocycles. The first-order chi connectivity index (χ1) is 20.4. The summed E-state index contributed by atoms with van der Waals surface area (Å²) < 4.78 is 92.6. The summed E-state index contributed by atoms with van der Waals surface area (Å²) in [6.45, 7) is 0. The van der Waals surface area contributed by atoms with Crippen LogP contribution in [0.25, 0.3) is 22.5 Å². The maximum atomic E-state index is 12.0. The molecule has 0 amide bonds. The van der Waals surface area contributed by atoms with E-state index < -0.39 is 40.6 Å². The summed E-state index contributed by atoms with van der Waals surface area (Å²) in [6, 6.07) is 17.8. The second kappa shape index (κ2) is 16.3. The van der Waals surface area contributed by atoms with E-state index in [0.29, 0.717) is 28.3 Å². The Morgan fingerprint density at radius 2 is 1.36 bits per heavy atom. The van der Waals surface area contributed by atoms with Gasteiger partial charge in [-0.1, -0.05) is 23.2 Å². The van der Waals surface area contributed by atoms with Crippen molar-refractivity contribution in [3.63, 3.8) is 0 Å². The smallest absolute Gasteiger partial charge is 0.773 e. The summed E-state index contributed by atoms with van der Waals surface area (Å²) in [5.74, 6) is 0.210. The fraction of sp³-hybridized carbons (Fsp3) is 0.214. The van der Waals surface area contributed by atoms with Crippen LogP contribution in [-0.2, 0) is 73.2 Å². The van der Waals surface area contributed by atoms with Crippen LogP contribution in [0.5, 0.6) is 0 Å². The molecule has 0 saturated carbocycles. The van der Waals surface area contributed by atoms with Gasteiger partial charge in [-0.2, -0.15) is 12.6 Å². The minimum Gasteiger partial charge on any atom is -0.773 e. The number of sulfone groups is 3. The Hall–Kier alpha value is -1.91. The maximum absolute atomic E-state index is 12.0. The molecule has 0 aliphatic heterocycles. The van der Waals surface area contributed by atoms with Crippen molar-refractivity contribution in [3.05, 3.63) is 84.2 Å². The normalized spacial score (nSPS) is 12.4. The van der Waals surface area contributed by atoms with Gasteiger partial charge in [-0.3, -0.25) is 4.21 Å². The number of hydrogen-bond donors (Lipinski definition) is 1. The van der Waals surface area contributed by atoms with Gasteiger partial charge < -0.3 is 14.5 Å². The van der Waals surface area contributed by atoms with Crippen molar-refractivity contribution in [2.75, 3.05) is 25.0 Å². The summed E-state index contributed by atoms with van der Waals surface area (Å²) in [6.07, 6.45) is 8.18. The summed E-state index contributed by atoms with van der Waals surface area (Å²) in [5, 5.41) is 0. The first-order valence-corrected chi connectivity index (χ1v) is 21.0. The van der Waals surface area contributed by atoms with E-state index in [4.69, 9.17) is 0 Å². The minimum absolute atomic E-state index is 0. The SMILES string of the molecule is CS(=O)(=O)c1c[c-]c(-c2cc(CS)ccn2)c(CS(=O)[O-])c1.CSc1ccnc(-c2[c-]cc(S(C)(=O)=O)cc2S(C)(=O)=O)c1.[Pt+2]. The molecule has 0 N–H and O–H groups in total. The molecule has 0 fully saturated rings. The fourth-order valence-electron chi connectivity index (χ4n) is 3.76. The van der Waals surface area contributed by atoms with Crippen molar-refractivity contribution in [1.82, 2.24) is 9.97 Å². The van der Waals surface area contributed by atoms with Crippen LogP contribution in [0, 0.1) is 12.1 Å². The van der Waals surface area contributed by atoms with E-state index in [1.165, 1.54) is 30.0 Å². The van der Waals surface area contributed by atoms with Gasteiger partial charge in [0.15, 0.2) is 0 Å². The van der Waals surface area contributed by atoms with Crippen molar-refractivity contribution in [2.24, 2.45) is 0 Å². The molecule has 2 heterocycles. The zero-order chi connectivity index (χ0) is 32.9. The third-order valence-electron chi connectivity index (χ3n) is 5.89. The molecule has 17 heteroatoms. The molecule has 0 bridgehead atoms. The molecule has 0 saturated heterocycles. The number of nitrogens with zero attached hydrogens (tertiary/aromatic N) is 2.